The number of fused-ring (bicyclic) bond motifs is 1. The van der Waals surface area contributed by atoms with E-state index in [2.05, 4.69) is 16.8 Å². The maximum Gasteiger partial charge on any atom is 0.0787 e. The average molecular weight is 129 g/mol. The Balaban J connectivity index is 2.70. The number of aromatic nitrogens is 1. The SMILES string of the molecule is CC1=C=Cc2ncccc21. The average Bonchev–Trinajstić information content (AvgIpc) is 2.34. The Hall–Kier alpha value is -1.33. The first kappa shape index (κ1) is 5.45. The lowest BCUT2D eigenvalue weighted by Gasteiger charge is -1.95. The summed E-state index contributed by atoms with van der Waals surface area (Å²) >= 11 is 0. The van der Waals surface area contributed by atoms with Crippen LogP contribution in [0.5, 0.6) is 0 Å². The lowest BCUT2D eigenvalue weighted by Crippen LogP contribution is -1.83. The number of nitrogens with zero attached hydrogens (tertiary/aromatic N) is 1. The van der Waals surface area contributed by atoms with Gasteiger partial charge in [-0.1, -0.05) is 6.07 Å². The van der Waals surface area contributed by atoms with Gasteiger partial charge in [0.05, 0.1) is 5.69 Å². The van der Waals surface area contributed by atoms with Crippen LogP contribution in [0.2, 0.25) is 0 Å². The molecule has 1 aliphatic rings. The monoisotopic (exact) mass is 129 g/mol. The van der Waals surface area contributed by atoms with Crippen LogP contribution in [0.3, 0.4) is 0 Å². The molecule has 2 rings (SSSR count). The molecule has 0 atom stereocenters. The van der Waals surface area contributed by atoms with Crippen LogP contribution in [0.1, 0.15) is 18.2 Å². The molecule has 48 valence electrons. The van der Waals surface area contributed by atoms with Crippen LogP contribution in [0.15, 0.2) is 24.1 Å². The van der Waals surface area contributed by atoms with Gasteiger partial charge in [0.1, 0.15) is 0 Å². The van der Waals surface area contributed by atoms with Crippen molar-refractivity contribution in [2.45, 2.75) is 6.92 Å². The summed E-state index contributed by atoms with van der Waals surface area (Å²) in [6, 6.07) is 4.01. The van der Waals surface area contributed by atoms with E-state index in [-0.39, 0.29) is 0 Å². The molecule has 0 saturated carbocycles. The first-order chi connectivity index (χ1) is 4.88. The number of rotatable bonds is 0. The molecule has 1 aromatic heterocycles. The molecule has 0 unspecified atom stereocenters. The Kier molecular flexibility index (Phi) is 0.996. The van der Waals surface area contributed by atoms with E-state index in [9.17, 15) is 0 Å². The molecule has 0 aromatic carbocycles. The predicted molar refractivity (Wildman–Crippen MR) is 41.3 cm³/mol. The highest BCUT2D eigenvalue weighted by atomic mass is 14.7. The summed E-state index contributed by atoms with van der Waals surface area (Å²) in [4.78, 5) is 4.17. The minimum absolute atomic E-state index is 1.04. The number of hydrogen-bond donors (Lipinski definition) is 0. The molecule has 1 heterocycles. The maximum atomic E-state index is 4.17. The molecule has 0 N–H and O–H groups in total. The van der Waals surface area contributed by atoms with Gasteiger partial charge in [0.15, 0.2) is 0 Å². The van der Waals surface area contributed by atoms with Crippen molar-refractivity contribution in [2.75, 3.05) is 0 Å². The molecule has 10 heavy (non-hydrogen) atoms. The predicted octanol–water partition coefficient (Wildman–Crippen LogP) is 2.11. The molecule has 0 fully saturated rings. The Bertz CT molecular complexity index is 330. The number of hydrogen-bond acceptors (Lipinski definition) is 1. The van der Waals surface area contributed by atoms with Crippen LogP contribution in [0, 0.1) is 0 Å². The highest BCUT2D eigenvalue weighted by Crippen LogP contribution is 2.21. The zero-order chi connectivity index (χ0) is 6.97. The van der Waals surface area contributed by atoms with Crippen molar-refractivity contribution < 1.29 is 0 Å². The van der Waals surface area contributed by atoms with E-state index in [1.807, 2.05) is 19.1 Å². The van der Waals surface area contributed by atoms with E-state index in [0.717, 1.165) is 5.69 Å². The van der Waals surface area contributed by atoms with E-state index in [1.165, 1.54) is 11.1 Å². The van der Waals surface area contributed by atoms with Crippen molar-refractivity contribution in [2.24, 2.45) is 0 Å². The summed E-state index contributed by atoms with van der Waals surface area (Å²) in [5.74, 6) is 0. The van der Waals surface area contributed by atoms with Gasteiger partial charge in [-0.2, -0.15) is 0 Å². The van der Waals surface area contributed by atoms with Crippen LogP contribution in [-0.4, -0.2) is 4.98 Å². The summed E-state index contributed by atoms with van der Waals surface area (Å²) in [5, 5.41) is 0. The van der Waals surface area contributed by atoms with Crippen molar-refractivity contribution in [3.05, 3.63) is 35.3 Å². The normalized spacial score (nSPS) is 13.1. The number of allylic oxidation sites excluding steroid dienone is 1. The quantitative estimate of drug-likeness (QED) is 0.489. The Labute approximate surface area is 59.7 Å². The molecule has 0 aliphatic heterocycles. The van der Waals surface area contributed by atoms with Crippen molar-refractivity contribution >= 4 is 11.6 Å². The molecular weight excluding hydrogens is 122 g/mol. The maximum absolute atomic E-state index is 4.17. The number of pyridine rings is 1. The third-order valence-corrected chi connectivity index (χ3v) is 1.67. The van der Waals surface area contributed by atoms with E-state index in [0.29, 0.717) is 0 Å². The van der Waals surface area contributed by atoms with E-state index in [1.54, 1.807) is 6.20 Å². The molecule has 0 bridgehead atoms. The van der Waals surface area contributed by atoms with Crippen LogP contribution >= 0.6 is 0 Å². The van der Waals surface area contributed by atoms with Crippen molar-refractivity contribution in [1.82, 2.24) is 4.98 Å². The Morgan fingerprint density at radius 2 is 2.40 bits per heavy atom. The smallest absolute Gasteiger partial charge is 0.0787 e. The zero-order valence-corrected chi connectivity index (χ0v) is 5.76. The summed E-state index contributed by atoms with van der Waals surface area (Å²) in [6.07, 6.45) is 3.72. The second-order valence-electron chi connectivity index (χ2n) is 2.35. The fraction of sp³-hybridized carbons (Fsp3) is 0.111. The van der Waals surface area contributed by atoms with Gasteiger partial charge in [0, 0.05) is 23.4 Å². The van der Waals surface area contributed by atoms with Crippen molar-refractivity contribution in [3.8, 4) is 0 Å². The molecule has 1 heteroatoms. The first-order valence-electron chi connectivity index (χ1n) is 3.26. The molecule has 0 spiro atoms. The van der Waals surface area contributed by atoms with Crippen LogP contribution in [0.4, 0.5) is 0 Å². The third-order valence-electron chi connectivity index (χ3n) is 1.67. The summed E-state index contributed by atoms with van der Waals surface area (Å²) in [6.45, 7) is 2.05. The van der Waals surface area contributed by atoms with E-state index in [4.69, 9.17) is 0 Å². The highest BCUT2D eigenvalue weighted by Gasteiger charge is 2.05. The Morgan fingerprint density at radius 1 is 1.50 bits per heavy atom. The highest BCUT2D eigenvalue weighted by molar-refractivity contribution is 5.78. The van der Waals surface area contributed by atoms with Gasteiger partial charge in [0.2, 0.25) is 0 Å². The standard InChI is InChI=1S/C9H7N/c1-7-4-5-9-8(7)3-2-6-10-9/h2-3,5-6H,1H3. The molecular formula is C9H7N. The van der Waals surface area contributed by atoms with Gasteiger partial charge in [0.25, 0.3) is 0 Å². The molecule has 0 saturated heterocycles. The first-order valence-corrected chi connectivity index (χ1v) is 3.26. The zero-order valence-electron chi connectivity index (χ0n) is 5.76. The lowest BCUT2D eigenvalue weighted by atomic mass is 10.1. The lowest BCUT2D eigenvalue weighted by molar-refractivity contribution is 1.28. The molecule has 0 radical (unpaired) electrons. The fourth-order valence-electron chi connectivity index (χ4n) is 1.10. The molecule has 1 nitrogen and oxygen atoms in total. The molecule has 1 aromatic rings. The van der Waals surface area contributed by atoms with E-state index < -0.39 is 0 Å². The van der Waals surface area contributed by atoms with Gasteiger partial charge < -0.3 is 0 Å². The van der Waals surface area contributed by atoms with Crippen molar-refractivity contribution in [3.63, 3.8) is 0 Å². The van der Waals surface area contributed by atoms with Crippen LogP contribution < -0.4 is 0 Å². The van der Waals surface area contributed by atoms with Crippen LogP contribution in [-0.2, 0) is 0 Å². The van der Waals surface area contributed by atoms with Gasteiger partial charge >= 0.3 is 0 Å². The largest absolute Gasteiger partial charge is 0.256 e. The second kappa shape index (κ2) is 1.83. The van der Waals surface area contributed by atoms with E-state index >= 15 is 0 Å². The van der Waals surface area contributed by atoms with Gasteiger partial charge in [-0.3, -0.25) is 4.98 Å². The summed E-state index contributed by atoms with van der Waals surface area (Å²) in [5.41, 5.74) is 6.55. The van der Waals surface area contributed by atoms with Crippen molar-refractivity contribution in [1.29, 1.82) is 0 Å². The second-order valence-corrected chi connectivity index (χ2v) is 2.35. The summed E-state index contributed by atoms with van der Waals surface area (Å²) in [7, 11) is 0. The minimum atomic E-state index is 1.04. The minimum Gasteiger partial charge on any atom is -0.256 e. The van der Waals surface area contributed by atoms with Gasteiger partial charge in [-0.05, 0) is 13.0 Å². The molecule has 1 aliphatic carbocycles. The Morgan fingerprint density at radius 3 is 3.20 bits per heavy atom. The molecule has 0 amide bonds. The third kappa shape index (κ3) is 0.615. The van der Waals surface area contributed by atoms with Gasteiger partial charge in [-0.15, -0.1) is 5.73 Å². The summed E-state index contributed by atoms with van der Waals surface area (Å²) < 4.78 is 0. The van der Waals surface area contributed by atoms with Crippen LogP contribution in [0.25, 0.3) is 11.6 Å². The fourth-order valence-corrected chi connectivity index (χ4v) is 1.10. The topological polar surface area (TPSA) is 12.9 Å². The van der Waals surface area contributed by atoms with Gasteiger partial charge in [-0.25, -0.2) is 0 Å².